The molecular weight excluding hydrogens is 390 g/mol. The molecule has 2 aromatic heterocycles. The number of anilines is 2. The van der Waals surface area contributed by atoms with Gasteiger partial charge in [0.05, 0.1) is 34.3 Å². The van der Waals surface area contributed by atoms with Crippen LogP contribution >= 0.6 is 0 Å². The molecule has 0 fully saturated rings. The largest absolute Gasteiger partial charge is 0.464 e. The van der Waals surface area contributed by atoms with E-state index in [9.17, 15) is 9.59 Å². The van der Waals surface area contributed by atoms with Crippen molar-refractivity contribution in [2.45, 2.75) is 0 Å². The van der Waals surface area contributed by atoms with Gasteiger partial charge in [-0.25, -0.2) is 9.88 Å². The van der Waals surface area contributed by atoms with Crippen molar-refractivity contribution in [3.63, 3.8) is 0 Å². The molecule has 0 aliphatic carbocycles. The van der Waals surface area contributed by atoms with Crippen LogP contribution in [0.15, 0.2) is 77.4 Å². The van der Waals surface area contributed by atoms with Crippen molar-refractivity contribution in [2.75, 3.05) is 10.6 Å². The molecule has 5 rings (SSSR count). The first-order valence-electron chi connectivity index (χ1n) is 9.47. The number of furan rings is 1. The highest BCUT2D eigenvalue weighted by Crippen LogP contribution is 2.33. The highest BCUT2D eigenvalue weighted by Gasteiger charge is 2.36. The van der Waals surface area contributed by atoms with Crippen LogP contribution in [-0.2, 0) is 0 Å². The smallest absolute Gasteiger partial charge is 0.266 e. The summed E-state index contributed by atoms with van der Waals surface area (Å²) >= 11 is 0. The zero-order valence-electron chi connectivity index (χ0n) is 16.2. The predicted octanol–water partition coefficient (Wildman–Crippen LogP) is 4.37. The first-order valence-corrected chi connectivity index (χ1v) is 9.47. The summed E-state index contributed by atoms with van der Waals surface area (Å²) in [6.07, 6.45) is 7.18. The summed E-state index contributed by atoms with van der Waals surface area (Å²) in [4.78, 5) is 31.0. The van der Waals surface area contributed by atoms with Crippen LogP contribution in [-0.4, -0.2) is 16.8 Å². The Morgan fingerprint density at radius 3 is 2.16 bits per heavy atom. The fourth-order valence-corrected chi connectivity index (χ4v) is 3.70. The third-order valence-corrected chi connectivity index (χ3v) is 5.19. The van der Waals surface area contributed by atoms with Crippen molar-refractivity contribution in [1.82, 2.24) is 4.98 Å². The molecule has 0 bridgehead atoms. The van der Waals surface area contributed by atoms with E-state index in [4.69, 9.17) is 16.6 Å². The van der Waals surface area contributed by atoms with Gasteiger partial charge in [0.1, 0.15) is 11.6 Å². The molecule has 0 atom stereocenters. The summed E-state index contributed by atoms with van der Waals surface area (Å²) in [5.74, 6) is 2.70. The van der Waals surface area contributed by atoms with E-state index >= 15 is 0 Å². The summed E-state index contributed by atoms with van der Waals surface area (Å²) in [6, 6.07) is 19.1. The monoisotopic (exact) mass is 405 g/mol. The third kappa shape index (κ3) is 2.88. The number of hydrogen-bond acceptors (Lipinski definition) is 5. The number of benzene rings is 2. The lowest BCUT2D eigenvalue weighted by atomic mass is 10.0. The molecule has 1 aliphatic heterocycles. The van der Waals surface area contributed by atoms with Gasteiger partial charge in [0, 0.05) is 11.1 Å². The minimum absolute atomic E-state index is 0.218. The van der Waals surface area contributed by atoms with Crippen molar-refractivity contribution in [3.05, 3.63) is 89.7 Å². The third-order valence-electron chi connectivity index (χ3n) is 5.19. The number of aromatic nitrogens is 1. The fraction of sp³-hybridized carbons (Fsp3) is 0. The minimum Gasteiger partial charge on any atom is -0.464 e. The van der Waals surface area contributed by atoms with Crippen LogP contribution in [0.1, 0.15) is 26.3 Å². The Morgan fingerprint density at radius 2 is 1.58 bits per heavy atom. The van der Waals surface area contributed by atoms with E-state index < -0.39 is 0 Å². The number of rotatable bonds is 3. The molecule has 2 aromatic carbocycles. The molecule has 0 saturated heterocycles. The number of carbonyl (C=O) groups is 2. The van der Waals surface area contributed by atoms with E-state index in [1.165, 1.54) is 4.90 Å². The van der Waals surface area contributed by atoms with E-state index in [0.717, 1.165) is 5.56 Å². The number of terminal acetylenes is 1. The van der Waals surface area contributed by atoms with Crippen molar-refractivity contribution in [3.8, 4) is 34.9 Å². The first kappa shape index (κ1) is 18.4. The molecule has 0 radical (unpaired) electrons. The lowest BCUT2D eigenvalue weighted by Crippen LogP contribution is -2.29. The average molecular weight is 405 g/mol. The molecule has 0 saturated carbocycles. The summed E-state index contributed by atoms with van der Waals surface area (Å²) in [5, 5.41) is 0. The Hall–Kier alpha value is -4.63. The lowest BCUT2D eigenvalue weighted by Gasteiger charge is -2.15. The summed E-state index contributed by atoms with van der Waals surface area (Å²) < 4.78 is 5.49. The summed E-state index contributed by atoms with van der Waals surface area (Å²) in [6.45, 7) is 0. The van der Waals surface area contributed by atoms with Gasteiger partial charge in [0.15, 0.2) is 0 Å². The van der Waals surface area contributed by atoms with Gasteiger partial charge in [-0.15, -0.1) is 6.42 Å². The SMILES string of the molecule is C#Cc1c(-c2ccco2)cc(-c2ccc(N3C(=O)c4ccccc4C3=O)cc2)nc1N. The van der Waals surface area contributed by atoms with Gasteiger partial charge < -0.3 is 10.2 Å². The molecule has 6 nitrogen and oxygen atoms in total. The van der Waals surface area contributed by atoms with Crippen LogP contribution < -0.4 is 10.6 Å². The lowest BCUT2D eigenvalue weighted by molar-refractivity contribution is 0.0926. The quantitative estimate of drug-likeness (QED) is 0.404. The van der Waals surface area contributed by atoms with Crippen molar-refractivity contribution < 1.29 is 14.0 Å². The number of carbonyl (C=O) groups excluding carboxylic acids is 2. The number of imide groups is 1. The van der Waals surface area contributed by atoms with Gasteiger partial charge >= 0.3 is 0 Å². The molecule has 2 N–H and O–H groups in total. The van der Waals surface area contributed by atoms with Crippen LogP contribution in [0.2, 0.25) is 0 Å². The Morgan fingerprint density at radius 1 is 0.903 bits per heavy atom. The Labute approximate surface area is 177 Å². The highest BCUT2D eigenvalue weighted by molar-refractivity contribution is 6.34. The number of amides is 2. The molecule has 148 valence electrons. The second-order valence-electron chi connectivity index (χ2n) is 6.98. The summed E-state index contributed by atoms with van der Waals surface area (Å²) in [5.41, 5.74) is 9.86. The molecule has 0 unspecified atom stereocenters. The maximum atomic E-state index is 12.7. The van der Waals surface area contributed by atoms with E-state index in [1.807, 2.05) is 0 Å². The number of pyridine rings is 1. The molecule has 3 heterocycles. The average Bonchev–Trinajstić information content (AvgIpc) is 3.41. The topological polar surface area (TPSA) is 89.4 Å². The van der Waals surface area contributed by atoms with Crippen LogP contribution in [0.5, 0.6) is 0 Å². The number of fused-ring (bicyclic) bond motifs is 1. The molecule has 0 spiro atoms. The van der Waals surface area contributed by atoms with Crippen molar-refractivity contribution in [2.24, 2.45) is 0 Å². The minimum atomic E-state index is -0.339. The van der Waals surface area contributed by atoms with E-state index in [-0.39, 0.29) is 17.6 Å². The Kier molecular flexibility index (Phi) is 4.16. The standard InChI is InChI=1S/C25H15N3O3/c1-2-17-20(22-8-5-13-31-22)14-21(27-23(17)26)15-9-11-16(12-10-15)28-24(29)18-6-3-4-7-19(18)25(28)30/h1,3-14H,(H2,26,27). The second-order valence-corrected chi connectivity index (χ2v) is 6.98. The molecule has 1 aliphatic rings. The second kappa shape index (κ2) is 7.01. The van der Waals surface area contributed by atoms with Crippen LogP contribution in [0, 0.1) is 12.3 Å². The molecule has 31 heavy (non-hydrogen) atoms. The van der Waals surface area contributed by atoms with Crippen LogP contribution in [0.3, 0.4) is 0 Å². The Balaban J connectivity index is 1.53. The van der Waals surface area contributed by atoms with Crippen LogP contribution in [0.4, 0.5) is 11.5 Å². The van der Waals surface area contributed by atoms with Gasteiger partial charge in [-0.2, -0.15) is 0 Å². The van der Waals surface area contributed by atoms with Crippen molar-refractivity contribution >= 4 is 23.3 Å². The maximum Gasteiger partial charge on any atom is 0.266 e. The highest BCUT2D eigenvalue weighted by atomic mass is 16.3. The first-order chi connectivity index (χ1) is 15.1. The van der Waals surface area contributed by atoms with E-state index in [1.54, 1.807) is 73.0 Å². The van der Waals surface area contributed by atoms with Crippen molar-refractivity contribution in [1.29, 1.82) is 0 Å². The molecular formula is C25H15N3O3. The zero-order chi connectivity index (χ0) is 21.5. The summed E-state index contributed by atoms with van der Waals surface area (Å²) in [7, 11) is 0. The molecule has 6 heteroatoms. The maximum absolute atomic E-state index is 12.7. The fourth-order valence-electron chi connectivity index (χ4n) is 3.70. The number of nitrogen functional groups attached to an aromatic ring is 1. The normalized spacial score (nSPS) is 12.7. The van der Waals surface area contributed by atoms with Gasteiger partial charge in [0.25, 0.3) is 11.8 Å². The van der Waals surface area contributed by atoms with Gasteiger partial charge in [-0.1, -0.05) is 30.2 Å². The van der Waals surface area contributed by atoms with Gasteiger partial charge in [0.2, 0.25) is 0 Å². The van der Waals surface area contributed by atoms with E-state index in [2.05, 4.69) is 10.9 Å². The number of hydrogen-bond donors (Lipinski definition) is 1. The predicted molar refractivity (Wildman–Crippen MR) is 117 cm³/mol. The molecule has 2 amide bonds. The van der Waals surface area contributed by atoms with Gasteiger partial charge in [-0.3, -0.25) is 9.59 Å². The number of nitrogens with two attached hydrogens (primary N) is 1. The number of nitrogens with zero attached hydrogens (tertiary/aromatic N) is 2. The Bertz CT molecular complexity index is 1350. The zero-order valence-corrected chi connectivity index (χ0v) is 16.2. The van der Waals surface area contributed by atoms with Gasteiger partial charge in [-0.05, 0) is 42.5 Å². The molecule has 4 aromatic rings. The van der Waals surface area contributed by atoms with E-state index in [0.29, 0.717) is 39.4 Å². The van der Waals surface area contributed by atoms with Crippen LogP contribution in [0.25, 0.3) is 22.6 Å².